The van der Waals surface area contributed by atoms with Gasteiger partial charge in [-0.2, -0.15) is 0 Å². The van der Waals surface area contributed by atoms with Crippen molar-refractivity contribution in [3.63, 3.8) is 0 Å². The monoisotopic (exact) mass is 540 g/mol. The number of rotatable bonds is 4. The standard InChI is InChI=1S/C25H15BrCl2N2O3/c1-32-22-18(10-13-5-2-3-8-17(13)21(22)26)24(31)29-16-7-4-6-14(9-16)25-30-20-12-15(27)11-19(28)23(20)33-25/h2-12H,1H3,(H,29,31). The molecule has 0 aliphatic rings. The molecule has 1 amide bonds. The summed E-state index contributed by atoms with van der Waals surface area (Å²) in [5, 5.41) is 5.68. The van der Waals surface area contributed by atoms with Crippen molar-refractivity contribution in [2.75, 3.05) is 12.4 Å². The van der Waals surface area contributed by atoms with Crippen molar-refractivity contribution < 1.29 is 13.9 Å². The summed E-state index contributed by atoms with van der Waals surface area (Å²) in [5.41, 5.74) is 2.69. The number of anilines is 1. The molecule has 0 aliphatic heterocycles. The van der Waals surface area contributed by atoms with Crippen LogP contribution in [0.15, 0.2) is 75.6 Å². The fourth-order valence-electron chi connectivity index (χ4n) is 3.66. The first-order valence-corrected chi connectivity index (χ1v) is 11.4. The SMILES string of the molecule is COc1c(C(=O)Nc2cccc(-c3nc4cc(Cl)cc(Cl)c4o3)c2)cc2ccccc2c1Br. The Balaban J connectivity index is 1.50. The molecule has 4 aromatic carbocycles. The molecule has 0 atom stereocenters. The molecule has 0 spiro atoms. The van der Waals surface area contributed by atoms with Crippen molar-refractivity contribution in [1.29, 1.82) is 0 Å². The lowest BCUT2D eigenvalue weighted by atomic mass is 10.0. The second-order valence-electron chi connectivity index (χ2n) is 7.28. The highest BCUT2D eigenvalue weighted by Crippen LogP contribution is 2.37. The van der Waals surface area contributed by atoms with Crippen LogP contribution in [0.1, 0.15) is 10.4 Å². The van der Waals surface area contributed by atoms with E-state index in [1.807, 2.05) is 42.5 Å². The molecule has 0 saturated carbocycles. The maximum atomic E-state index is 13.2. The van der Waals surface area contributed by atoms with Gasteiger partial charge in [0.1, 0.15) is 11.3 Å². The van der Waals surface area contributed by atoms with E-state index in [0.717, 1.165) is 15.2 Å². The number of benzene rings is 4. The van der Waals surface area contributed by atoms with Crippen LogP contribution in [0.4, 0.5) is 5.69 Å². The van der Waals surface area contributed by atoms with Crippen LogP contribution in [0.25, 0.3) is 33.3 Å². The van der Waals surface area contributed by atoms with Crippen LogP contribution in [0.2, 0.25) is 10.0 Å². The Morgan fingerprint density at radius 3 is 2.70 bits per heavy atom. The van der Waals surface area contributed by atoms with Crippen LogP contribution in [0.3, 0.4) is 0 Å². The average molecular weight is 542 g/mol. The van der Waals surface area contributed by atoms with E-state index in [0.29, 0.717) is 49.6 Å². The van der Waals surface area contributed by atoms with E-state index in [2.05, 4.69) is 26.2 Å². The minimum Gasteiger partial charge on any atom is -0.495 e. The molecule has 0 radical (unpaired) electrons. The van der Waals surface area contributed by atoms with Gasteiger partial charge in [0.05, 0.1) is 22.2 Å². The summed E-state index contributed by atoms with van der Waals surface area (Å²) >= 11 is 15.9. The first-order chi connectivity index (χ1) is 15.9. The Hall–Kier alpha value is -3.06. The summed E-state index contributed by atoms with van der Waals surface area (Å²) in [6.07, 6.45) is 0. The minimum absolute atomic E-state index is 0.303. The summed E-state index contributed by atoms with van der Waals surface area (Å²) in [6, 6.07) is 20.1. The van der Waals surface area contributed by atoms with E-state index in [1.165, 1.54) is 7.11 Å². The number of fused-ring (bicyclic) bond motifs is 2. The van der Waals surface area contributed by atoms with Crippen LogP contribution in [-0.2, 0) is 0 Å². The zero-order chi connectivity index (χ0) is 23.1. The van der Waals surface area contributed by atoms with Gasteiger partial charge in [0.2, 0.25) is 5.89 Å². The van der Waals surface area contributed by atoms with Crippen molar-refractivity contribution in [1.82, 2.24) is 4.98 Å². The third-order valence-corrected chi connectivity index (χ3v) is 6.45. The van der Waals surface area contributed by atoms with Gasteiger partial charge in [-0.25, -0.2) is 4.98 Å². The molecular formula is C25H15BrCl2N2O3. The number of hydrogen-bond acceptors (Lipinski definition) is 4. The van der Waals surface area contributed by atoms with Gasteiger partial charge in [-0.15, -0.1) is 0 Å². The third-order valence-electron chi connectivity index (χ3n) is 5.17. The minimum atomic E-state index is -0.303. The van der Waals surface area contributed by atoms with Crippen LogP contribution in [0.5, 0.6) is 5.75 Å². The number of methoxy groups -OCH3 is 1. The molecule has 0 fully saturated rings. The predicted octanol–water partition coefficient (Wildman–Crippen LogP) is 7.98. The second-order valence-corrected chi connectivity index (χ2v) is 8.92. The van der Waals surface area contributed by atoms with E-state index in [-0.39, 0.29) is 5.91 Å². The highest BCUT2D eigenvalue weighted by atomic mass is 79.9. The van der Waals surface area contributed by atoms with Gasteiger partial charge in [0.25, 0.3) is 5.91 Å². The number of oxazole rings is 1. The third kappa shape index (κ3) is 4.06. The van der Waals surface area contributed by atoms with E-state index in [1.54, 1.807) is 24.3 Å². The molecule has 0 aliphatic carbocycles. The Kier molecular flexibility index (Phi) is 5.74. The molecule has 5 aromatic rings. The molecule has 1 N–H and O–H groups in total. The molecule has 1 aromatic heterocycles. The Bertz CT molecular complexity index is 1550. The van der Waals surface area contributed by atoms with E-state index < -0.39 is 0 Å². The van der Waals surface area contributed by atoms with Gasteiger partial charge >= 0.3 is 0 Å². The fraction of sp³-hybridized carbons (Fsp3) is 0.0400. The lowest BCUT2D eigenvalue weighted by Crippen LogP contribution is -2.13. The van der Waals surface area contributed by atoms with Crippen molar-refractivity contribution in [3.05, 3.63) is 86.8 Å². The molecule has 33 heavy (non-hydrogen) atoms. The molecular weight excluding hydrogens is 527 g/mol. The van der Waals surface area contributed by atoms with Crippen molar-refractivity contribution in [3.8, 4) is 17.2 Å². The van der Waals surface area contributed by atoms with E-state index >= 15 is 0 Å². The first kappa shape index (κ1) is 21.8. The van der Waals surface area contributed by atoms with Crippen molar-refractivity contribution in [2.45, 2.75) is 0 Å². The molecule has 0 bridgehead atoms. The lowest BCUT2D eigenvalue weighted by molar-refractivity contribution is 0.102. The number of halogens is 3. The van der Waals surface area contributed by atoms with E-state index in [9.17, 15) is 4.79 Å². The Labute approximate surface area is 207 Å². The summed E-state index contributed by atoms with van der Waals surface area (Å²) in [6.45, 7) is 0. The molecule has 0 unspecified atom stereocenters. The highest BCUT2D eigenvalue weighted by Gasteiger charge is 2.19. The molecule has 5 nitrogen and oxygen atoms in total. The van der Waals surface area contributed by atoms with E-state index in [4.69, 9.17) is 32.4 Å². The summed E-state index contributed by atoms with van der Waals surface area (Å²) in [7, 11) is 1.54. The van der Waals surface area contributed by atoms with Gasteiger partial charge in [-0.3, -0.25) is 4.79 Å². The molecule has 8 heteroatoms. The maximum Gasteiger partial charge on any atom is 0.259 e. The maximum absolute atomic E-state index is 13.2. The van der Waals surface area contributed by atoms with Crippen LogP contribution < -0.4 is 10.1 Å². The number of amides is 1. The van der Waals surface area contributed by atoms with Gasteiger partial charge < -0.3 is 14.5 Å². The quantitative estimate of drug-likeness (QED) is 0.250. The summed E-state index contributed by atoms with van der Waals surface area (Å²) in [5.74, 6) is 0.534. The summed E-state index contributed by atoms with van der Waals surface area (Å²) < 4.78 is 12.1. The lowest BCUT2D eigenvalue weighted by Gasteiger charge is -2.14. The highest BCUT2D eigenvalue weighted by molar-refractivity contribution is 9.10. The number of carbonyl (C=O) groups is 1. The van der Waals surface area contributed by atoms with Gasteiger partial charge in [0.15, 0.2) is 5.58 Å². The number of carbonyl (C=O) groups excluding carboxylic acids is 1. The first-order valence-electron chi connectivity index (χ1n) is 9.87. The van der Waals surface area contributed by atoms with Crippen molar-refractivity contribution in [2.24, 2.45) is 0 Å². The smallest absolute Gasteiger partial charge is 0.259 e. The normalized spacial score (nSPS) is 11.2. The molecule has 0 saturated heterocycles. The number of hydrogen-bond donors (Lipinski definition) is 1. The van der Waals surface area contributed by atoms with Gasteiger partial charge in [-0.05, 0) is 63.1 Å². The molecule has 5 rings (SSSR count). The van der Waals surface area contributed by atoms with Gasteiger partial charge in [-0.1, -0.05) is 53.5 Å². The number of nitrogens with zero attached hydrogens (tertiary/aromatic N) is 1. The van der Waals surface area contributed by atoms with Crippen LogP contribution in [-0.4, -0.2) is 18.0 Å². The number of nitrogens with one attached hydrogen (secondary N) is 1. The van der Waals surface area contributed by atoms with Gasteiger partial charge in [0, 0.05) is 16.3 Å². The molecule has 164 valence electrons. The Morgan fingerprint density at radius 2 is 1.88 bits per heavy atom. The topological polar surface area (TPSA) is 64.4 Å². The largest absolute Gasteiger partial charge is 0.495 e. The fourth-order valence-corrected chi connectivity index (χ4v) is 4.92. The zero-order valence-corrected chi connectivity index (χ0v) is 20.3. The van der Waals surface area contributed by atoms with Crippen LogP contribution in [0, 0.1) is 0 Å². The Morgan fingerprint density at radius 1 is 1.06 bits per heavy atom. The summed E-state index contributed by atoms with van der Waals surface area (Å²) in [4.78, 5) is 17.7. The second kappa shape index (κ2) is 8.71. The van der Waals surface area contributed by atoms with Crippen molar-refractivity contribution >= 4 is 72.6 Å². The van der Waals surface area contributed by atoms with Crippen LogP contribution >= 0.6 is 39.1 Å². The zero-order valence-electron chi connectivity index (χ0n) is 17.2. The number of ether oxygens (including phenoxy) is 1. The molecule has 1 heterocycles. The number of aromatic nitrogens is 1. The average Bonchev–Trinajstić information content (AvgIpc) is 3.24. The predicted molar refractivity (Wildman–Crippen MR) is 136 cm³/mol.